The van der Waals surface area contributed by atoms with Crippen LogP contribution in [0.3, 0.4) is 0 Å². The Bertz CT molecular complexity index is 242. The average Bonchev–Trinajstić information content (AvgIpc) is 2.45. The summed E-state index contributed by atoms with van der Waals surface area (Å²) < 4.78 is 5.33. The Morgan fingerprint density at radius 2 is 1.85 bits per heavy atom. The van der Waals surface area contributed by atoms with Crippen molar-refractivity contribution in [2.24, 2.45) is 4.99 Å². The highest BCUT2D eigenvalue weighted by Gasteiger charge is 2.09. The summed E-state index contributed by atoms with van der Waals surface area (Å²) in [4.78, 5) is 7.08. The first kappa shape index (κ1) is 19.2. The minimum atomic E-state index is 0.476. The first-order valence-corrected chi connectivity index (χ1v) is 8.03. The lowest BCUT2D eigenvalue weighted by Crippen LogP contribution is -2.40. The Morgan fingerprint density at radius 3 is 2.40 bits per heavy atom. The third-order valence-corrected chi connectivity index (χ3v) is 3.26. The van der Waals surface area contributed by atoms with E-state index in [2.05, 4.69) is 48.2 Å². The van der Waals surface area contributed by atoms with Gasteiger partial charge < -0.3 is 15.4 Å². The van der Waals surface area contributed by atoms with Gasteiger partial charge in [-0.05, 0) is 40.3 Å². The molecule has 2 N–H and O–H groups in total. The van der Waals surface area contributed by atoms with Crippen LogP contribution in [0.4, 0.5) is 0 Å². The zero-order chi connectivity index (χ0) is 15.2. The molecular weight excluding hydrogens is 252 g/mol. The largest absolute Gasteiger partial charge is 0.382 e. The molecule has 0 saturated heterocycles. The second-order valence-electron chi connectivity index (χ2n) is 4.77. The van der Waals surface area contributed by atoms with Gasteiger partial charge in [0.15, 0.2) is 5.96 Å². The van der Waals surface area contributed by atoms with E-state index in [1.54, 1.807) is 0 Å². The van der Waals surface area contributed by atoms with Gasteiger partial charge in [0.2, 0.25) is 0 Å². The van der Waals surface area contributed by atoms with Crippen molar-refractivity contribution < 1.29 is 4.74 Å². The van der Waals surface area contributed by atoms with E-state index in [1.807, 2.05) is 6.92 Å². The van der Waals surface area contributed by atoms with Gasteiger partial charge in [0.1, 0.15) is 0 Å². The topological polar surface area (TPSA) is 48.9 Å². The van der Waals surface area contributed by atoms with Crippen molar-refractivity contribution in [3.05, 3.63) is 0 Å². The average molecular weight is 286 g/mol. The number of nitrogens with zero attached hydrogens (tertiary/aromatic N) is 2. The molecule has 0 saturated carbocycles. The third kappa shape index (κ3) is 9.15. The van der Waals surface area contributed by atoms with Crippen molar-refractivity contribution in [2.75, 3.05) is 45.9 Å². The first-order chi connectivity index (χ1) is 9.69. The smallest absolute Gasteiger partial charge is 0.191 e. The lowest BCUT2D eigenvalue weighted by atomic mass is 10.3. The van der Waals surface area contributed by atoms with E-state index in [9.17, 15) is 0 Å². The normalized spacial score (nSPS) is 13.6. The summed E-state index contributed by atoms with van der Waals surface area (Å²) in [5.41, 5.74) is 0. The second-order valence-corrected chi connectivity index (χ2v) is 4.77. The van der Waals surface area contributed by atoms with Crippen LogP contribution in [0.25, 0.3) is 0 Å². The standard InChI is InChI=1S/C15H34N4O/c1-6-16-15(17-11-10-12-20-9-4)18-13-14(5)19(7-2)8-3/h14H,6-13H2,1-5H3,(H2,16,17,18). The highest BCUT2D eigenvalue weighted by molar-refractivity contribution is 5.79. The van der Waals surface area contributed by atoms with Gasteiger partial charge in [-0.15, -0.1) is 0 Å². The van der Waals surface area contributed by atoms with E-state index in [4.69, 9.17) is 4.74 Å². The van der Waals surface area contributed by atoms with Crippen LogP contribution in [0.5, 0.6) is 0 Å². The van der Waals surface area contributed by atoms with E-state index in [-0.39, 0.29) is 0 Å². The lowest BCUT2D eigenvalue weighted by Gasteiger charge is -2.25. The van der Waals surface area contributed by atoms with Gasteiger partial charge >= 0.3 is 0 Å². The van der Waals surface area contributed by atoms with Crippen molar-refractivity contribution in [3.63, 3.8) is 0 Å². The fraction of sp³-hybridized carbons (Fsp3) is 0.933. The molecule has 0 heterocycles. The van der Waals surface area contributed by atoms with Gasteiger partial charge in [0, 0.05) is 32.3 Å². The SMILES string of the molecule is CCNC(=NCC(C)N(CC)CC)NCCCOCC. The Kier molecular flexibility index (Phi) is 12.7. The highest BCUT2D eigenvalue weighted by atomic mass is 16.5. The fourth-order valence-electron chi connectivity index (χ4n) is 2.05. The van der Waals surface area contributed by atoms with Crippen LogP contribution >= 0.6 is 0 Å². The second kappa shape index (κ2) is 13.2. The maximum absolute atomic E-state index is 5.33. The summed E-state index contributed by atoms with van der Waals surface area (Å²) in [6, 6.07) is 0.476. The van der Waals surface area contributed by atoms with Gasteiger partial charge in [-0.2, -0.15) is 0 Å². The molecule has 5 nitrogen and oxygen atoms in total. The molecule has 0 aromatic carbocycles. The number of nitrogens with one attached hydrogen (secondary N) is 2. The molecule has 0 aliphatic carbocycles. The van der Waals surface area contributed by atoms with Gasteiger partial charge in [-0.3, -0.25) is 9.89 Å². The van der Waals surface area contributed by atoms with E-state index in [0.29, 0.717) is 6.04 Å². The Labute approximate surface area is 125 Å². The van der Waals surface area contributed by atoms with E-state index in [1.165, 1.54) is 0 Å². The Hall–Kier alpha value is -0.810. The maximum Gasteiger partial charge on any atom is 0.191 e. The van der Waals surface area contributed by atoms with Crippen LogP contribution in [-0.2, 0) is 4.74 Å². The van der Waals surface area contributed by atoms with Crippen LogP contribution in [0.1, 0.15) is 41.0 Å². The molecule has 1 atom stereocenters. The number of ether oxygens (including phenoxy) is 1. The van der Waals surface area contributed by atoms with Gasteiger partial charge in [0.05, 0.1) is 6.54 Å². The fourth-order valence-corrected chi connectivity index (χ4v) is 2.05. The highest BCUT2D eigenvalue weighted by Crippen LogP contribution is 1.98. The van der Waals surface area contributed by atoms with Crippen molar-refractivity contribution in [1.82, 2.24) is 15.5 Å². The number of hydrogen-bond donors (Lipinski definition) is 2. The first-order valence-electron chi connectivity index (χ1n) is 8.03. The van der Waals surface area contributed by atoms with Gasteiger partial charge in [-0.25, -0.2) is 0 Å². The van der Waals surface area contributed by atoms with Crippen LogP contribution in [0.15, 0.2) is 4.99 Å². The molecule has 0 fully saturated rings. The number of likely N-dealkylation sites (N-methyl/N-ethyl adjacent to an activating group) is 1. The number of hydrogen-bond acceptors (Lipinski definition) is 3. The van der Waals surface area contributed by atoms with Crippen LogP contribution in [-0.4, -0.2) is 62.8 Å². The molecule has 0 radical (unpaired) electrons. The van der Waals surface area contributed by atoms with Gasteiger partial charge in [-0.1, -0.05) is 13.8 Å². The number of aliphatic imine (C=N–C) groups is 1. The summed E-state index contributed by atoms with van der Waals surface area (Å²) in [5, 5.41) is 6.63. The quantitative estimate of drug-likeness (QED) is 0.345. The molecule has 0 aliphatic rings. The third-order valence-electron chi connectivity index (χ3n) is 3.26. The zero-order valence-electron chi connectivity index (χ0n) is 14.0. The number of rotatable bonds is 11. The summed E-state index contributed by atoms with van der Waals surface area (Å²) in [7, 11) is 0. The summed E-state index contributed by atoms with van der Waals surface area (Å²) in [6.45, 7) is 17.1. The Balaban J connectivity index is 4.11. The minimum absolute atomic E-state index is 0.476. The van der Waals surface area contributed by atoms with Crippen molar-refractivity contribution in [3.8, 4) is 0 Å². The monoisotopic (exact) mass is 286 g/mol. The molecule has 5 heteroatoms. The summed E-state index contributed by atoms with van der Waals surface area (Å²) >= 11 is 0. The zero-order valence-corrected chi connectivity index (χ0v) is 14.0. The maximum atomic E-state index is 5.33. The van der Waals surface area contributed by atoms with E-state index < -0.39 is 0 Å². The molecule has 120 valence electrons. The van der Waals surface area contributed by atoms with Crippen LogP contribution in [0, 0.1) is 0 Å². The molecule has 20 heavy (non-hydrogen) atoms. The predicted octanol–water partition coefficient (Wildman–Crippen LogP) is 1.70. The van der Waals surface area contributed by atoms with Crippen LogP contribution < -0.4 is 10.6 Å². The van der Waals surface area contributed by atoms with E-state index in [0.717, 1.165) is 58.3 Å². The molecule has 0 amide bonds. The molecule has 0 bridgehead atoms. The predicted molar refractivity (Wildman–Crippen MR) is 87.5 cm³/mol. The molecule has 1 unspecified atom stereocenters. The minimum Gasteiger partial charge on any atom is -0.382 e. The van der Waals surface area contributed by atoms with Crippen molar-refractivity contribution >= 4 is 5.96 Å². The van der Waals surface area contributed by atoms with Crippen LogP contribution in [0.2, 0.25) is 0 Å². The molecule has 0 aliphatic heterocycles. The molecule has 0 aromatic heterocycles. The van der Waals surface area contributed by atoms with Crippen molar-refractivity contribution in [2.45, 2.75) is 47.1 Å². The summed E-state index contributed by atoms with van der Waals surface area (Å²) in [5.74, 6) is 0.906. The van der Waals surface area contributed by atoms with Gasteiger partial charge in [0.25, 0.3) is 0 Å². The molecule has 0 aromatic rings. The Morgan fingerprint density at radius 1 is 1.15 bits per heavy atom. The molecular formula is C15H34N4O. The summed E-state index contributed by atoms with van der Waals surface area (Å²) in [6.07, 6.45) is 1.00. The molecule has 0 spiro atoms. The lowest BCUT2D eigenvalue weighted by molar-refractivity contribution is 0.145. The molecule has 0 rings (SSSR count). The van der Waals surface area contributed by atoms with Crippen molar-refractivity contribution in [1.29, 1.82) is 0 Å². The number of guanidine groups is 1. The van der Waals surface area contributed by atoms with E-state index >= 15 is 0 Å².